The minimum Gasteiger partial charge on any atom is -0.309 e. The highest BCUT2D eigenvalue weighted by atomic mass is 15.2. The molecule has 0 aromatic heterocycles. The number of hydrogen-bond donors (Lipinski definition) is 0. The van der Waals surface area contributed by atoms with E-state index in [-0.39, 0.29) is 10.8 Å². The Morgan fingerprint density at radius 1 is 0.340 bits per heavy atom. The molecule has 53 heavy (non-hydrogen) atoms. The van der Waals surface area contributed by atoms with Crippen LogP contribution in [0.5, 0.6) is 0 Å². The minimum absolute atomic E-state index is 0.0432. The van der Waals surface area contributed by atoms with E-state index in [2.05, 4.69) is 213 Å². The van der Waals surface area contributed by atoms with Gasteiger partial charge in [0.25, 0.3) is 0 Å². The molecule has 7 rings (SSSR count). The van der Waals surface area contributed by atoms with Crippen LogP contribution >= 0.6 is 0 Å². The van der Waals surface area contributed by atoms with Gasteiger partial charge in [-0.2, -0.15) is 0 Å². The molecule has 0 amide bonds. The average Bonchev–Trinajstić information content (AvgIpc) is 3.09. The fraction of sp³-hybridized carbons (Fsp3) is 0.255. The summed E-state index contributed by atoms with van der Waals surface area (Å²) >= 11 is 0. The normalized spacial score (nSPS) is 12.1. The van der Waals surface area contributed by atoms with Gasteiger partial charge in [0.15, 0.2) is 0 Å². The molecule has 0 radical (unpaired) electrons. The highest BCUT2D eigenvalue weighted by Crippen LogP contribution is 2.52. The predicted molar refractivity (Wildman–Crippen MR) is 232 cm³/mol. The molecule has 2 heteroatoms. The van der Waals surface area contributed by atoms with Gasteiger partial charge in [0.05, 0.1) is 11.4 Å². The highest BCUT2D eigenvalue weighted by Gasteiger charge is 2.28. The maximum atomic E-state index is 2.51. The Morgan fingerprint density at radius 3 is 1.06 bits per heavy atom. The van der Waals surface area contributed by atoms with E-state index in [0.29, 0.717) is 0 Å². The summed E-state index contributed by atoms with van der Waals surface area (Å²) in [5, 5.41) is 4.90. The van der Waals surface area contributed by atoms with Gasteiger partial charge in [-0.25, -0.2) is 0 Å². The third-order valence-corrected chi connectivity index (χ3v) is 10.8. The number of hydrogen-bond acceptors (Lipinski definition) is 2. The standard InChI is InChI=1S/C51H54N2/c1-33-15-12-18-40(27-33)52(41-19-13-16-34(2)28-41)48-44-25-22-39(51(9,10)11)32-47(44)49(45-26-23-38(31-46(45)48)50(6,7)8)53(42-20-14-17-35(3)29-42)43-24-21-36(4)37(5)30-43/h12-32H,1-11H3. The Labute approximate surface area is 317 Å². The van der Waals surface area contributed by atoms with Crippen molar-refractivity contribution in [2.24, 2.45) is 0 Å². The zero-order valence-corrected chi connectivity index (χ0v) is 33.5. The van der Waals surface area contributed by atoms with Gasteiger partial charge in [-0.1, -0.05) is 108 Å². The first kappa shape index (κ1) is 36.0. The molecular formula is C51H54N2. The van der Waals surface area contributed by atoms with Gasteiger partial charge in [0, 0.05) is 44.3 Å². The maximum absolute atomic E-state index is 2.51. The SMILES string of the molecule is Cc1cccc(N(c2cccc(C)c2)c2c3ccc(C(C)(C)C)cc3c(N(c3cccc(C)c3)c3ccc(C)c(C)c3)c3ccc(C(C)(C)C)cc23)c1. The Hall–Kier alpha value is -5.34. The Bertz CT molecular complexity index is 2440. The van der Waals surface area contributed by atoms with E-state index in [1.54, 1.807) is 0 Å². The number of aryl methyl sites for hydroxylation is 5. The maximum Gasteiger partial charge on any atom is 0.0620 e. The second-order valence-electron chi connectivity index (χ2n) is 17.2. The summed E-state index contributed by atoms with van der Waals surface area (Å²) in [6, 6.07) is 48.2. The molecular weight excluding hydrogens is 641 g/mol. The van der Waals surface area contributed by atoms with Crippen molar-refractivity contribution in [2.45, 2.75) is 87.0 Å². The van der Waals surface area contributed by atoms with Gasteiger partial charge in [0.2, 0.25) is 0 Å². The zero-order chi connectivity index (χ0) is 37.8. The highest BCUT2D eigenvalue weighted by molar-refractivity contribution is 6.23. The van der Waals surface area contributed by atoms with Crippen LogP contribution in [0.3, 0.4) is 0 Å². The van der Waals surface area contributed by atoms with E-state index in [9.17, 15) is 0 Å². The van der Waals surface area contributed by atoms with E-state index in [1.165, 1.54) is 71.9 Å². The van der Waals surface area contributed by atoms with Crippen LogP contribution in [0.15, 0.2) is 127 Å². The van der Waals surface area contributed by atoms with Gasteiger partial charge in [-0.15, -0.1) is 0 Å². The van der Waals surface area contributed by atoms with Gasteiger partial charge in [0.1, 0.15) is 0 Å². The van der Waals surface area contributed by atoms with E-state index < -0.39 is 0 Å². The van der Waals surface area contributed by atoms with Crippen LogP contribution in [0.1, 0.15) is 80.5 Å². The Balaban J connectivity index is 1.74. The summed E-state index contributed by atoms with van der Waals surface area (Å²) in [5.41, 5.74) is 15.8. The third kappa shape index (κ3) is 6.96. The lowest BCUT2D eigenvalue weighted by Crippen LogP contribution is -2.17. The van der Waals surface area contributed by atoms with Gasteiger partial charge in [-0.05, 0) is 145 Å². The van der Waals surface area contributed by atoms with Gasteiger partial charge >= 0.3 is 0 Å². The molecule has 7 aromatic carbocycles. The number of anilines is 6. The van der Waals surface area contributed by atoms with Crippen LogP contribution in [0, 0.1) is 34.6 Å². The summed E-state index contributed by atoms with van der Waals surface area (Å²) in [5.74, 6) is 0. The molecule has 0 aliphatic carbocycles. The van der Waals surface area contributed by atoms with Crippen molar-refractivity contribution in [1.82, 2.24) is 0 Å². The second-order valence-corrected chi connectivity index (χ2v) is 17.2. The first-order valence-electron chi connectivity index (χ1n) is 19.0. The molecule has 0 aliphatic heterocycles. The summed E-state index contributed by atoms with van der Waals surface area (Å²) in [6.07, 6.45) is 0. The largest absolute Gasteiger partial charge is 0.309 e. The van der Waals surface area contributed by atoms with Gasteiger partial charge < -0.3 is 9.80 Å². The van der Waals surface area contributed by atoms with Crippen LogP contribution in [-0.2, 0) is 10.8 Å². The van der Waals surface area contributed by atoms with Crippen molar-refractivity contribution < 1.29 is 0 Å². The van der Waals surface area contributed by atoms with Crippen LogP contribution in [0.4, 0.5) is 34.1 Å². The van der Waals surface area contributed by atoms with Crippen molar-refractivity contribution in [3.8, 4) is 0 Å². The van der Waals surface area contributed by atoms with Crippen molar-refractivity contribution in [1.29, 1.82) is 0 Å². The quantitative estimate of drug-likeness (QED) is 0.126. The monoisotopic (exact) mass is 694 g/mol. The van der Waals surface area contributed by atoms with Crippen molar-refractivity contribution in [3.05, 3.63) is 166 Å². The fourth-order valence-corrected chi connectivity index (χ4v) is 7.58. The first-order chi connectivity index (χ1) is 25.1. The molecule has 7 aromatic rings. The third-order valence-electron chi connectivity index (χ3n) is 10.8. The topological polar surface area (TPSA) is 6.48 Å². The lowest BCUT2D eigenvalue weighted by atomic mass is 9.82. The molecule has 0 N–H and O–H groups in total. The fourth-order valence-electron chi connectivity index (χ4n) is 7.58. The minimum atomic E-state index is -0.0436. The summed E-state index contributed by atoms with van der Waals surface area (Å²) in [6.45, 7) is 24.9. The molecule has 0 heterocycles. The predicted octanol–water partition coefficient (Wildman–Crippen LogP) is 15.1. The molecule has 0 saturated carbocycles. The lowest BCUT2D eigenvalue weighted by Gasteiger charge is -2.34. The second kappa shape index (κ2) is 13.6. The van der Waals surface area contributed by atoms with Crippen LogP contribution in [0.25, 0.3) is 21.5 Å². The number of nitrogens with zero attached hydrogens (tertiary/aromatic N) is 2. The molecule has 0 saturated heterocycles. The number of rotatable bonds is 6. The first-order valence-corrected chi connectivity index (χ1v) is 19.0. The van der Waals surface area contributed by atoms with Crippen LogP contribution in [-0.4, -0.2) is 0 Å². The smallest absolute Gasteiger partial charge is 0.0620 e. The molecule has 0 spiro atoms. The zero-order valence-electron chi connectivity index (χ0n) is 33.5. The van der Waals surface area contributed by atoms with Gasteiger partial charge in [-0.3, -0.25) is 0 Å². The molecule has 0 atom stereocenters. The molecule has 0 unspecified atom stereocenters. The molecule has 2 nitrogen and oxygen atoms in total. The van der Waals surface area contributed by atoms with E-state index >= 15 is 0 Å². The van der Waals surface area contributed by atoms with E-state index in [4.69, 9.17) is 0 Å². The van der Waals surface area contributed by atoms with Crippen LogP contribution in [0.2, 0.25) is 0 Å². The van der Waals surface area contributed by atoms with Crippen LogP contribution < -0.4 is 9.80 Å². The lowest BCUT2D eigenvalue weighted by molar-refractivity contribution is 0.590. The Morgan fingerprint density at radius 2 is 0.717 bits per heavy atom. The van der Waals surface area contributed by atoms with E-state index in [1.807, 2.05) is 0 Å². The Kier molecular flexibility index (Phi) is 9.23. The summed E-state index contributed by atoms with van der Waals surface area (Å²) in [4.78, 5) is 5.02. The molecule has 0 aliphatic rings. The number of fused-ring (bicyclic) bond motifs is 2. The van der Waals surface area contributed by atoms with E-state index in [0.717, 1.165) is 22.7 Å². The summed E-state index contributed by atoms with van der Waals surface area (Å²) in [7, 11) is 0. The average molecular weight is 695 g/mol. The molecule has 0 bridgehead atoms. The summed E-state index contributed by atoms with van der Waals surface area (Å²) < 4.78 is 0. The number of benzene rings is 7. The molecule has 268 valence electrons. The molecule has 0 fully saturated rings. The van der Waals surface area contributed by atoms with Crippen molar-refractivity contribution in [2.75, 3.05) is 9.80 Å². The van der Waals surface area contributed by atoms with Crippen molar-refractivity contribution in [3.63, 3.8) is 0 Å². The van der Waals surface area contributed by atoms with Crippen molar-refractivity contribution >= 4 is 55.7 Å².